The number of amides is 1. The van der Waals surface area contributed by atoms with Crippen molar-refractivity contribution in [3.63, 3.8) is 0 Å². The number of ether oxygens (including phenoxy) is 1. The van der Waals surface area contributed by atoms with Crippen molar-refractivity contribution in [3.05, 3.63) is 0 Å². The molecule has 1 aliphatic heterocycles. The van der Waals surface area contributed by atoms with Crippen LogP contribution in [0.3, 0.4) is 0 Å². The van der Waals surface area contributed by atoms with Crippen molar-refractivity contribution < 1.29 is 14.3 Å². The monoisotopic (exact) mass is 298 g/mol. The summed E-state index contributed by atoms with van der Waals surface area (Å²) in [6.45, 7) is 6.04. The number of nitrogens with zero attached hydrogens (tertiary/aromatic N) is 1. The van der Waals surface area contributed by atoms with E-state index in [1.54, 1.807) is 4.90 Å². The number of carbonyl (C=O) groups excluding carboxylic acids is 2. The lowest BCUT2D eigenvalue weighted by Crippen LogP contribution is -2.48. The number of nitrogens with two attached hydrogens (primary N) is 1. The van der Waals surface area contributed by atoms with Gasteiger partial charge < -0.3 is 15.4 Å². The van der Waals surface area contributed by atoms with Gasteiger partial charge in [-0.05, 0) is 24.7 Å². The zero-order chi connectivity index (χ0) is 15.8. The van der Waals surface area contributed by atoms with Crippen LogP contribution in [0.2, 0.25) is 0 Å². The molecule has 2 N–H and O–H groups in total. The maximum atomic E-state index is 12.2. The van der Waals surface area contributed by atoms with Gasteiger partial charge in [-0.25, -0.2) is 0 Å². The molecule has 1 fully saturated rings. The summed E-state index contributed by atoms with van der Waals surface area (Å²) in [5.41, 5.74) is 5.78. The molecule has 1 atom stereocenters. The van der Waals surface area contributed by atoms with Crippen LogP contribution < -0.4 is 5.73 Å². The number of piperidine rings is 1. The number of carbonyl (C=O) groups is 2. The van der Waals surface area contributed by atoms with Gasteiger partial charge in [0.2, 0.25) is 5.91 Å². The summed E-state index contributed by atoms with van der Waals surface area (Å²) in [6.07, 6.45) is 5.88. The molecule has 1 unspecified atom stereocenters. The molecular weight excluding hydrogens is 268 g/mol. The predicted octanol–water partition coefficient (Wildman–Crippen LogP) is 1.94. The van der Waals surface area contributed by atoms with E-state index in [4.69, 9.17) is 5.73 Å². The van der Waals surface area contributed by atoms with Crippen molar-refractivity contribution in [2.24, 2.45) is 17.6 Å². The summed E-state index contributed by atoms with van der Waals surface area (Å²) in [5.74, 6) is 0.938. The second-order valence-corrected chi connectivity index (χ2v) is 6.48. The molecule has 0 aliphatic carbocycles. The summed E-state index contributed by atoms with van der Waals surface area (Å²) in [5, 5.41) is 0. The van der Waals surface area contributed by atoms with Crippen molar-refractivity contribution in [2.75, 3.05) is 20.2 Å². The van der Waals surface area contributed by atoms with Gasteiger partial charge >= 0.3 is 5.97 Å². The molecule has 0 radical (unpaired) electrons. The Kier molecular flexibility index (Phi) is 7.72. The molecule has 0 spiro atoms. The van der Waals surface area contributed by atoms with Crippen LogP contribution >= 0.6 is 0 Å². The maximum absolute atomic E-state index is 12.2. The summed E-state index contributed by atoms with van der Waals surface area (Å²) in [7, 11) is 1.31. The number of hydrogen-bond acceptors (Lipinski definition) is 4. The number of likely N-dealkylation sites (tertiary alicyclic amines) is 1. The minimum Gasteiger partial charge on any atom is -0.469 e. The van der Waals surface area contributed by atoms with Gasteiger partial charge in [0.05, 0.1) is 19.6 Å². The molecule has 5 nitrogen and oxygen atoms in total. The number of rotatable bonds is 7. The smallest absolute Gasteiger partial charge is 0.307 e. The third-order valence-electron chi connectivity index (χ3n) is 4.25. The lowest BCUT2D eigenvalue weighted by molar-refractivity contribution is -0.145. The Morgan fingerprint density at radius 1 is 1.29 bits per heavy atom. The molecule has 0 bridgehead atoms. The van der Waals surface area contributed by atoms with Crippen LogP contribution in [0.1, 0.15) is 52.4 Å². The van der Waals surface area contributed by atoms with E-state index >= 15 is 0 Å². The van der Waals surface area contributed by atoms with Crippen LogP contribution in [0.15, 0.2) is 0 Å². The Balaban J connectivity index is 2.28. The van der Waals surface area contributed by atoms with E-state index in [0.29, 0.717) is 0 Å². The highest BCUT2D eigenvalue weighted by Crippen LogP contribution is 2.24. The van der Waals surface area contributed by atoms with E-state index in [0.717, 1.165) is 37.8 Å². The van der Waals surface area contributed by atoms with Gasteiger partial charge in [-0.3, -0.25) is 9.59 Å². The van der Waals surface area contributed by atoms with Gasteiger partial charge in [0.1, 0.15) is 0 Å². The predicted molar refractivity (Wildman–Crippen MR) is 82.6 cm³/mol. The normalized spacial score (nSPS) is 17.9. The highest BCUT2D eigenvalue weighted by Gasteiger charge is 2.27. The standard InChI is InChI=1S/C16H30N2O3/c1-12(2)5-4-6-13-7-9-18(10-8-13)16(20)14(17)11-15(19)21-3/h12-14H,4-11,17H2,1-3H3. The minimum atomic E-state index is -0.769. The average Bonchev–Trinajstić information content (AvgIpc) is 2.46. The zero-order valence-corrected chi connectivity index (χ0v) is 13.6. The lowest BCUT2D eigenvalue weighted by Gasteiger charge is -2.33. The van der Waals surface area contributed by atoms with Crippen molar-refractivity contribution in [2.45, 2.75) is 58.4 Å². The van der Waals surface area contributed by atoms with Crippen molar-refractivity contribution in [3.8, 4) is 0 Å². The minimum absolute atomic E-state index is 0.0380. The molecule has 1 aliphatic rings. The Morgan fingerprint density at radius 2 is 1.90 bits per heavy atom. The van der Waals surface area contributed by atoms with E-state index in [2.05, 4.69) is 18.6 Å². The summed E-state index contributed by atoms with van der Waals surface area (Å²) in [6, 6.07) is -0.769. The molecule has 5 heteroatoms. The van der Waals surface area contributed by atoms with Gasteiger partial charge in [0, 0.05) is 13.1 Å². The third kappa shape index (κ3) is 6.46. The van der Waals surface area contributed by atoms with E-state index in [1.807, 2.05) is 0 Å². The fourth-order valence-corrected chi connectivity index (χ4v) is 2.84. The topological polar surface area (TPSA) is 72.6 Å². The van der Waals surface area contributed by atoms with Crippen LogP contribution in [-0.2, 0) is 14.3 Å². The van der Waals surface area contributed by atoms with Gasteiger partial charge in [0.25, 0.3) is 0 Å². The first-order chi connectivity index (χ1) is 9.93. The second-order valence-electron chi connectivity index (χ2n) is 6.48. The molecule has 122 valence electrons. The SMILES string of the molecule is COC(=O)CC(N)C(=O)N1CCC(CCCC(C)C)CC1. The molecule has 0 aromatic rings. The largest absolute Gasteiger partial charge is 0.469 e. The fraction of sp³-hybridized carbons (Fsp3) is 0.875. The van der Waals surface area contributed by atoms with Crippen LogP contribution in [-0.4, -0.2) is 43.0 Å². The Labute approximate surface area is 128 Å². The van der Waals surface area contributed by atoms with Gasteiger partial charge in [-0.15, -0.1) is 0 Å². The molecule has 1 heterocycles. The first kappa shape index (κ1) is 18.0. The highest BCUT2D eigenvalue weighted by molar-refractivity contribution is 5.86. The van der Waals surface area contributed by atoms with Crippen molar-refractivity contribution in [1.29, 1.82) is 0 Å². The molecular formula is C16H30N2O3. The molecule has 0 aromatic heterocycles. The molecule has 1 saturated heterocycles. The number of methoxy groups -OCH3 is 1. The Bertz CT molecular complexity index is 336. The first-order valence-electron chi connectivity index (χ1n) is 8.05. The third-order valence-corrected chi connectivity index (χ3v) is 4.25. The van der Waals surface area contributed by atoms with E-state index in [1.165, 1.54) is 26.4 Å². The van der Waals surface area contributed by atoms with Crippen molar-refractivity contribution >= 4 is 11.9 Å². The Hall–Kier alpha value is -1.10. The number of hydrogen-bond donors (Lipinski definition) is 1. The van der Waals surface area contributed by atoms with Crippen LogP contribution in [0.4, 0.5) is 0 Å². The first-order valence-corrected chi connectivity index (χ1v) is 8.05. The van der Waals surface area contributed by atoms with Gasteiger partial charge in [-0.1, -0.05) is 33.1 Å². The van der Waals surface area contributed by atoms with E-state index in [9.17, 15) is 9.59 Å². The Morgan fingerprint density at radius 3 is 2.43 bits per heavy atom. The van der Waals surface area contributed by atoms with Crippen LogP contribution in [0, 0.1) is 11.8 Å². The van der Waals surface area contributed by atoms with Crippen LogP contribution in [0.25, 0.3) is 0 Å². The zero-order valence-electron chi connectivity index (χ0n) is 13.6. The summed E-state index contributed by atoms with van der Waals surface area (Å²) >= 11 is 0. The second kappa shape index (κ2) is 9.03. The summed E-state index contributed by atoms with van der Waals surface area (Å²) in [4.78, 5) is 25.1. The highest BCUT2D eigenvalue weighted by atomic mass is 16.5. The molecule has 0 saturated carbocycles. The lowest BCUT2D eigenvalue weighted by atomic mass is 9.90. The maximum Gasteiger partial charge on any atom is 0.307 e. The van der Waals surface area contributed by atoms with E-state index in [-0.39, 0.29) is 12.3 Å². The molecule has 1 amide bonds. The molecule has 0 aromatic carbocycles. The molecule has 1 rings (SSSR count). The molecule has 21 heavy (non-hydrogen) atoms. The average molecular weight is 298 g/mol. The van der Waals surface area contributed by atoms with Crippen molar-refractivity contribution in [1.82, 2.24) is 4.90 Å². The summed E-state index contributed by atoms with van der Waals surface area (Å²) < 4.78 is 4.55. The quantitative estimate of drug-likeness (QED) is 0.729. The fourth-order valence-electron chi connectivity index (χ4n) is 2.84. The van der Waals surface area contributed by atoms with Gasteiger partial charge in [-0.2, -0.15) is 0 Å². The van der Waals surface area contributed by atoms with Gasteiger partial charge in [0.15, 0.2) is 0 Å². The van der Waals surface area contributed by atoms with Crippen LogP contribution in [0.5, 0.6) is 0 Å². The number of esters is 1. The van der Waals surface area contributed by atoms with E-state index < -0.39 is 12.0 Å².